The molecule has 2 nitrogen and oxygen atoms in total. The van der Waals surface area contributed by atoms with Gasteiger partial charge in [-0.25, -0.2) is 0 Å². The van der Waals surface area contributed by atoms with Crippen molar-refractivity contribution in [2.45, 2.75) is 66.0 Å². The molecule has 0 saturated carbocycles. The molecule has 1 fully saturated rings. The summed E-state index contributed by atoms with van der Waals surface area (Å²) in [6, 6.07) is 1.39. The van der Waals surface area contributed by atoms with Crippen LogP contribution >= 0.6 is 0 Å². The van der Waals surface area contributed by atoms with Crippen LogP contribution in [0.1, 0.15) is 53.9 Å². The highest BCUT2D eigenvalue weighted by atomic mass is 15.2. The van der Waals surface area contributed by atoms with Gasteiger partial charge in [-0.2, -0.15) is 0 Å². The topological polar surface area (TPSA) is 15.3 Å². The molecular weight excluding hydrogens is 208 g/mol. The molecule has 3 unspecified atom stereocenters. The summed E-state index contributed by atoms with van der Waals surface area (Å²) >= 11 is 0. The van der Waals surface area contributed by atoms with Crippen LogP contribution in [0.3, 0.4) is 0 Å². The van der Waals surface area contributed by atoms with Crippen molar-refractivity contribution in [2.75, 3.05) is 19.6 Å². The Morgan fingerprint density at radius 1 is 1.24 bits per heavy atom. The summed E-state index contributed by atoms with van der Waals surface area (Å²) in [5.41, 5.74) is 0. The van der Waals surface area contributed by atoms with Crippen molar-refractivity contribution in [3.05, 3.63) is 0 Å². The summed E-state index contributed by atoms with van der Waals surface area (Å²) < 4.78 is 0. The predicted octanol–water partition coefficient (Wildman–Crippen LogP) is 3.13. The molecule has 1 N–H and O–H groups in total. The molecule has 0 bridgehead atoms. The molecule has 1 rings (SSSR count). The number of rotatable bonds is 7. The molecule has 2 heteroatoms. The lowest BCUT2D eigenvalue weighted by atomic mass is 9.95. The molecule has 1 saturated heterocycles. The largest absolute Gasteiger partial charge is 0.314 e. The van der Waals surface area contributed by atoms with Crippen LogP contribution in [0.25, 0.3) is 0 Å². The van der Waals surface area contributed by atoms with Crippen molar-refractivity contribution >= 4 is 0 Å². The van der Waals surface area contributed by atoms with Crippen LogP contribution in [0.4, 0.5) is 0 Å². The summed E-state index contributed by atoms with van der Waals surface area (Å²) in [5, 5.41) is 3.59. The highest BCUT2D eigenvalue weighted by Crippen LogP contribution is 2.26. The van der Waals surface area contributed by atoms with Gasteiger partial charge in [-0.1, -0.05) is 20.8 Å². The Morgan fingerprint density at radius 2 is 1.94 bits per heavy atom. The molecule has 1 aliphatic rings. The molecule has 0 amide bonds. The van der Waals surface area contributed by atoms with Gasteiger partial charge in [0.2, 0.25) is 0 Å². The second-order valence-electron chi connectivity index (χ2n) is 6.23. The minimum absolute atomic E-state index is 0.656. The van der Waals surface area contributed by atoms with Crippen LogP contribution in [-0.4, -0.2) is 36.6 Å². The second kappa shape index (κ2) is 7.38. The summed E-state index contributed by atoms with van der Waals surface area (Å²) in [7, 11) is 0. The fraction of sp³-hybridized carbons (Fsp3) is 1.00. The van der Waals surface area contributed by atoms with Crippen molar-refractivity contribution in [2.24, 2.45) is 11.8 Å². The highest BCUT2D eigenvalue weighted by Gasteiger charge is 2.28. The molecule has 0 aromatic carbocycles. The average molecular weight is 240 g/mol. The van der Waals surface area contributed by atoms with Gasteiger partial charge in [0, 0.05) is 18.6 Å². The first kappa shape index (κ1) is 15.0. The first-order valence-electron chi connectivity index (χ1n) is 7.52. The fourth-order valence-corrected chi connectivity index (χ4v) is 2.89. The molecule has 0 aromatic heterocycles. The Labute approximate surface area is 108 Å². The van der Waals surface area contributed by atoms with Gasteiger partial charge in [-0.15, -0.1) is 0 Å². The second-order valence-corrected chi connectivity index (χ2v) is 6.23. The number of hydrogen-bond acceptors (Lipinski definition) is 2. The van der Waals surface area contributed by atoms with E-state index in [-0.39, 0.29) is 0 Å². The van der Waals surface area contributed by atoms with E-state index < -0.39 is 0 Å². The van der Waals surface area contributed by atoms with Gasteiger partial charge in [0.1, 0.15) is 0 Å². The highest BCUT2D eigenvalue weighted by molar-refractivity contribution is 4.82. The van der Waals surface area contributed by atoms with E-state index in [9.17, 15) is 0 Å². The lowest BCUT2D eigenvalue weighted by Crippen LogP contribution is -2.38. The standard InChI is InChI=1S/C15H32N2/c1-6-8-16-13(4)10-14(5)17-9-7-15(11-17)12(2)3/h12-16H,6-11H2,1-5H3. The molecule has 0 spiro atoms. The quantitative estimate of drug-likeness (QED) is 0.735. The zero-order valence-electron chi connectivity index (χ0n) is 12.5. The van der Waals surface area contributed by atoms with Gasteiger partial charge in [-0.3, -0.25) is 0 Å². The molecular formula is C15H32N2. The van der Waals surface area contributed by atoms with Gasteiger partial charge in [0.15, 0.2) is 0 Å². The monoisotopic (exact) mass is 240 g/mol. The Hall–Kier alpha value is -0.0800. The van der Waals surface area contributed by atoms with Crippen LogP contribution in [0, 0.1) is 11.8 Å². The first-order chi connectivity index (χ1) is 8.04. The minimum atomic E-state index is 0.656. The van der Waals surface area contributed by atoms with Gasteiger partial charge in [0.05, 0.1) is 0 Å². The Morgan fingerprint density at radius 3 is 2.47 bits per heavy atom. The molecule has 1 aliphatic heterocycles. The number of nitrogens with zero attached hydrogens (tertiary/aromatic N) is 1. The molecule has 0 aliphatic carbocycles. The predicted molar refractivity (Wildman–Crippen MR) is 76.4 cm³/mol. The van der Waals surface area contributed by atoms with E-state index in [1.165, 1.54) is 32.4 Å². The SMILES string of the molecule is CCCNC(C)CC(C)N1CCC(C(C)C)C1. The van der Waals surface area contributed by atoms with E-state index in [1.807, 2.05) is 0 Å². The third-order valence-corrected chi connectivity index (χ3v) is 4.26. The third kappa shape index (κ3) is 4.97. The lowest BCUT2D eigenvalue weighted by Gasteiger charge is -2.27. The number of hydrogen-bond donors (Lipinski definition) is 1. The first-order valence-corrected chi connectivity index (χ1v) is 7.52. The van der Waals surface area contributed by atoms with Crippen LogP contribution in [0.15, 0.2) is 0 Å². The maximum absolute atomic E-state index is 3.59. The Kier molecular flexibility index (Phi) is 6.50. The zero-order valence-corrected chi connectivity index (χ0v) is 12.5. The normalized spacial score (nSPS) is 25.4. The molecule has 17 heavy (non-hydrogen) atoms. The Balaban J connectivity index is 2.26. The van der Waals surface area contributed by atoms with E-state index in [0.29, 0.717) is 6.04 Å². The summed E-state index contributed by atoms with van der Waals surface area (Å²) in [5.74, 6) is 1.78. The molecule has 0 aromatic rings. The van der Waals surface area contributed by atoms with Crippen LogP contribution in [-0.2, 0) is 0 Å². The van der Waals surface area contributed by atoms with Crippen LogP contribution in [0.2, 0.25) is 0 Å². The summed E-state index contributed by atoms with van der Waals surface area (Å²) in [4.78, 5) is 2.69. The van der Waals surface area contributed by atoms with E-state index in [4.69, 9.17) is 0 Å². The fourth-order valence-electron chi connectivity index (χ4n) is 2.89. The van der Waals surface area contributed by atoms with E-state index in [1.54, 1.807) is 0 Å². The Bertz CT molecular complexity index is 203. The van der Waals surface area contributed by atoms with Crippen molar-refractivity contribution in [1.29, 1.82) is 0 Å². The van der Waals surface area contributed by atoms with Gasteiger partial charge < -0.3 is 10.2 Å². The van der Waals surface area contributed by atoms with Crippen molar-refractivity contribution < 1.29 is 0 Å². The van der Waals surface area contributed by atoms with E-state index in [2.05, 4.69) is 44.8 Å². The number of nitrogens with one attached hydrogen (secondary N) is 1. The molecule has 0 radical (unpaired) electrons. The van der Waals surface area contributed by atoms with E-state index in [0.717, 1.165) is 24.4 Å². The molecule has 1 heterocycles. The maximum Gasteiger partial charge on any atom is 0.00817 e. The average Bonchev–Trinajstić information content (AvgIpc) is 2.75. The van der Waals surface area contributed by atoms with Crippen molar-refractivity contribution in [3.8, 4) is 0 Å². The summed E-state index contributed by atoms with van der Waals surface area (Å²) in [6.07, 6.45) is 3.92. The maximum atomic E-state index is 3.59. The van der Waals surface area contributed by atoms with Gasteiger partial charge >= 0.3 is 0 Å². The van der Waals surface area contributed by atoms with Crippen LogP contribution in [0.5, 0.6) is 0 Å². The minimum Gasteiger partial charge on any atom is -0.314 e. The number of likely N-dealkylation sites (tertiary alicyclic amines) is 1. The smallest absolute Gasteiger partial charge is 0.00817 e. The molecule has 3 atom stereocenters. The van der Waals surface area contributed by atoms with E-state index >= 15 is 0 Å². The third-order valence-electron chi connectivity index (χ3n) is 4.26. The van der Waals surface area contributed by atoms with Gasteiger partial charge in [-0.05, 0) is 58.0 Å². The summed E-state index contributed by atoms with van der Waals surface area (Å²) in [6.45, 7) is 15.5. The zero-order chi connectivity index (χ0) is 12.8. The lowest BCUT2D eigenvalue weighted by molar-refractivity contribution is 0.215. The van der Waals surface area contributed by atoms with Crippen LogP contribution < -0.4 is 5.32 Å². The van der Waals surface area contributed by atoms with Crippen molar-refractivity contribution in [1.82, 2.24) is 10.2 Å². The van der Waals surface area contributed by atoms with Crippen molar-refractivity contribution in [3.63, 3.8) is 0 Å². The molecule has 102 valence electrons. The van der Waals surface area contributed by atoms with Gasteiger partial charge in [0.25, 0.3) is 0 Å².